The van der Waals surface area contributed by atoms with Crippen LogP contribution in [-0.4, -0.2) is 58.4 Å². The van der Waals surface area contributed by atoms with Gasteiger partial charge in [-0.15, -0.1) is 0 Å². The van der Waals surface area contributed by atoms with Gasteiger partial charge in [-0.05, 0) is 45.7 Å². The van der Waals surface area contributed by atoms with Crippen molar-refractivity contribution in [2.24, 2.45) is 0 Å². The van der Waals surface area contributed by atoms with E-state index in [0.29, 0.717) is 12.1 Å². The van der Waals surface area contributed by atoms with E-state index in [9.17, 15) is 0 Å². The van der Waals surface area contributed by atoms with E-state index in [4.69, 9.17) is 21.7 Å². The Balaban J connectivity index is 1.45. The molecule has 2 saturated heterocycles. The number of thiocarbonyl (C=S) groups is 1. The molecule has 2 heterocycles. The van der Waals surface area contributed by atoms with Crippen LogP contribution in [0, 0.1) is 0 Å². The quantitative estimate of drug-likeness (QED) is 0.534. The zero-order valence-electron chi connectivity index (χ0n) is 15.5. The van der Waals surface area contributed by atoms with E-state index >= 15 is 0 Å². The van der Waals surface area contributed by atoms with Crippen molar-refractivity contribution in [2.75, 3.05) is 26.3 Å². The summed E-state index contributed by atoms with van der Waals surface area (Å²) >= 11 is 9.48. The smallest absolute Gasteiger partial charge is 0.170 e. The lowest BCUT2D eigenvalue weighted by atomic mass is 9.84. The van der Waals surface area contributed by atoms with Gasteiger partial charge < -0.3 is 14.8 Å². The van der Waals surface area contributed by atoms with Crippen molar-refractivity contribution in [1.82, 2.24) is 10.2 Å². The van der Waals surface area contributed by atoms with Crippen molar-refractivity contribution in [2.45, 2.75) is 67.6 Å². The standard InChI is InChI=1S/C20H29BrN2O2S/c1-19(21)7-4-15(5-8-19)18(26)22-16-6-9-20(24-12-13-25-20)14-17(16)23-10-2-3-11-23/h4-5,7,16-17H,2-3,6,8-14H2,1H3,(H,22,26). The van der Waals surface area contributed by atoms with Crippen LogP contribution in [0.2, 0.25) is 0 Å². The van der Waals surface area contributed by atoms with Crippen LogP contribution in [0.15, 0.2) is 23.8 Å². The fourth-order valence-electron chi connectivity index (χ4n) is 4.64. The van der Waals surface area contributed by atoms with Crippen molar-refractivity contribution in [3.63, 3.8) is 0 Å². The summed E-state index contributed by atoms with van der Waals surface area (Å²) in [7, 11) is 0. The molecule has 0 aromatic carbocycles. The van der Waals surface area contributed by atoms with E-state index < -0.39 is 0 Å². The summed E-state index contributed by atoms with van der Waals surface area (Å²) in [6, 6.07) is 0.794. The minimum atomic E-state index is -0.352. The van der Waals surface area contributed by atoms with Crippen molar-refractivity contribution in [3.05, 3.63) is 23.8 Å². The second kappa shape index (κ2) is 7.63. The summed E-state index contributed by atoms with van der Waals surface area (Å²) in [5.41, 5.74) is 1.14. The van der Waals surface area contributed by atoms with Crippen molar-refractivity contribution < 1.29 is 9.47 Å². The zero-order chi connectivity index (χ0) is 18.2. The fraction of sp³-hybridized carbons (Fsp3) is 0.750. The molecule has 1 spiro atoms. The number of hydrogen-bond donors (Lipinski definition) is 1. The van der Waals surface area contributed by atoms with E-state index in [1.807, 2.05) is 0 Å². The van der Waals surface area contributed by atoms with Crippen LogP contribution in [0.25, 0.3) is 0 Å². The number of likely N-dealkylation sites (tertiary alicyclic amines) is 1. The third-order valence-corrected chi connectivity index (χ3v) is 7.10. The van der Waals surface area contributed by atoms with Crippen molar-refractivity contribution in [3.8, 4) is 0 Å². The summed E-state index contributed by atoms with van der Waals surface area (Å²) in [6.07, 6.45) is 13.1. The van der Waals surface area contributed by atoms with E-state index in [1.165, 1.54) is 25.9 Å². The van der Waals surface area contributed by atoms with Gasteiger partial charge >= 0.3 is 0 Å². The van der Waals surface area contributed by atoms with Gasteiger partial charge in [-0.2, -0.15) is 0 Å². The van der Waals surface area contributed by atoms with Gasteiger partial charge in [0.25, 0.3) is 0 Å². The number of nitrogens with zero attached hydrogens (tertiary/aromatic N) is 1. The fourth-order valence-corrected chi connectivity index (χ4v) is 5.24. The highest BCUT2D eigenvalue weighted by atomic mass is 79.9. The Hall–Kier alpha value is -0.270. The highest BCUT2D eigenvalue weighted by Crippen LogP contribution is 2.39. The predicted octanol–water partition coefficient (Wildman–Crippen LogP) is 3.70. The molecule has 3 atom stereocenters. The number of allylic oxidation sites excluding steroid dienone is 2. The van der Waals surface area contributed by atoms with Crippen molar-refractivity contribution in [1.29, 1.82) is 0 Å². The average Bonchev–Trinajstić information content (AvgIpc) is 3.29. The van der Waals surface area contributed by atoms with Gasteiger partial charge in [0.15, 0.2) is 5.79 Å². The SMILES string of the molecule is CC1(Br)C=CC(C(=S)NC2CCC3(CC2N2CCCC2)OCCO3)=CC1. The lowest BCUT2D eigenvalue weighted by molar-refractivity contribution is -0.191. The normalized spacial score (nSPS) is 37.1. The topological polar surface area (TPSA) is 33.7 Å². The highest BCUT2D eigenvalue weighted by Gasteiger charge is 2.47. The molecular formula is C20H29BrN2O2S. The largest absolute Gasteiger partial charge is 0.371 e. The third kappa shape index (κ3) is 4.09. The van der Waals surface area contributed by atoms with Gasteiger partial charge in [-0.3, -0.25) is 4.90 Å². The Morgan fingerprint density at radius 1 is 1.31 bits per heavy atom. The number of alkyl halides is 1. The number of ether oxygens (including phenoxy) is 2. The van der Waals surface area contributed by atoms with Gasteiger partial charge in [0.05, 0.1) is 13.2 Å². The maximum Gasteiger partial charge on any atom is 0.170 e. The number of nitrogens with one attached hydrogen (secondary N) is 1. The molecular weight excluding hydrogens is 412 g/mol. The lowest BCUT2D eigenvalue weighted by Gasteiger charge is -2.45. The molecule has 3 unspecified atom stereocenters. The molecule has 1 saturated carbocycles. The molecule has 0 aromatic rings. The molecule has 144 valence electrons. The molecule has 26 heavy (non-hydrogen) atoms. The second-order valence-corrected chi connectivity index (χ2v) is 10.4. The Bertz CT molecular complexity index is 607. The Labute approximate surface area is 170 Å². The molecule has 4 aliphatic rings. The number of halogens is 1. The Kier molecular flexibility index (Phi) is 5.59. The van der Waals surface area contributed by atoms with E-state index in [1.54, 1.807) is 0 Å². The minimum absolute atomic E-state index is 0.0541. The van der Waals surface area contributed by atoms with Gasteiger partial charge in [0.1, 0.15) is 4.99 Å². The molecule has 2 aliphatic heterocycles. The zero-order valence-corrected chi connectivity index (χ0v) is 17.9. The van der Waals surface area contributed by atoms with E-state index in [-0.39, 0.29) is 10.1 Å². The molecule has 0 bridgehead atoms. The van der Waals surface area contributed by atoms with Crippen LogP contribution in [-0.2, 0) is 9.47 Å². The molecule has 0 amide bonds. The summed E-state index contributed by atoms with van der Waals surface area (Å²) in [4.78, 5) is 3.50. The molecule has 3 fully saturated rings. The van der Waals surface area contributed by atoms with Crippen LogP contribution in [0.4, 0.5) is 0 Å². The summed E-state index contributed by atoms with van der Waals surface area (Å²) < 4.78 is 12.1. The molecule has 0 aromatic heterocycles. The number of hydrogen-bond acceptors (Lipinski definition) is 4. The Morgan fingerprint density at radius 2 is 2.04 bits per heavy atom. The Morgan fingerprint density at radius 3 is 2.69 bits per heavy atom. The van der Waals surface area contributed by atoms with Crippen LogP contribution in [0.5, 0.6) is 0 Å². The van der Waals surface area contributed by atoms with Crippen LogP contribution < -0.4 is 5.32 Å². The molecule has 6 heteroatoms. The van der Waals surface area contributed by atoms with E-state index in [0.717, 1.165) is 49.5 Å². The average molecular weight is 441 g/mol. The third-order valence-electron chi connectivity index (χ3n) is 6.15. The van der Waals surface area contributed by atoms with Crippen molar-refractivity contribution >= 4 is 33.1 Å². The lowest BCUT2D eigenvalue weighted by Crippen LogP contribution is -2.58. The maximum absolute atomic E-state index is 6.03. The molecule has 4 rings (SSSR count). The first-order valence-electron chi connectivity index (χ1n) is 9.88. The first kappa shape index (κ1) is 19.1. The monoisotopic (exact) mass is 440 g/mol. The molecule has 4 nitrogen and oxygen atoms in total. The minimum Gasteiger partial charge on any atom is -0.371 e. The summed E-state index contributed by atoms with van der Waals surface area (Å²) in [5.74, 6) is -0.352. The van der Waals surface area contributed by atoms with Gasteiger partial charge in [-0.25, -0.2) is 0 Å². The maximum atomic E-state index is 6.03. The first-order valence-corrected chi connectivity index (χ1v) is 11.1. The van der Waals surface area contributed by atoms with Crippen LogP contribution in [0.1, 0.15) is 45.4 Å². The molecule has 0 radical (unpaired) electrons. The van der Waals surface area contributed by atoms with E-state index in [2.05, 4.69) is 51.3 Å². The molecule has 2 aliphatic carbocycles. The van der Waals surface area contributed by atoms with Gasteiger partial charge in [0, 0.05) is 34.8 Å². The predicted molar refractivity (Wildman–Crippen MR) is 112 cm³/mol. The first-order chi connectivity index (χ1) is 12.5. The number of rotatable bonds is 3. The second-order valence-electron chi connectivity index (χ2n) is 8.22. The highest BCUT2D eigenvalue weighted by molar-refractivity contribution is 9.10. The van der Waals surface area contributed by atoms with Gasteiger partial charge in [0.2, 0.25) is 0 Å². The molecule has 1 N–H and O–H groups in total. The summed E-state index contributed by atoms with van der Waals surface area (Å²) in [6.45, 7) is 5.99. The van der Waals surface area contributed by atoms with Crippen LogP contribution >= 0.6 is 28.1 Å². The van der Waals surface area contributed by atoms with Crippen LogP contribution in [0.3, 0.4) is 0 Å². The van der Waals surface area contributed by atoms with Gasteiger partial charge in [-0.1, -0.05) is 46.4 Å². The summed E-state index contributed by atoms with van der Waals surface area (Å²) in [5, 5.41) is 3.69.